The average Bonchev–Trinajstić information content (AvgIpc) is 2.49. The third kappa shape index (κ3) is 3.50. The zero-order chi connectivity index (χ0) is 15.4. The van der Waals surface area contributed by atoms with E-state index in [1.54, 1.807) is 14.2 Å². The highest BCUT2D eigenvalue weighted by atomic mass is 79.9. The molecule has 0 heterocycles. The maximum absolute atomic E-state index is 5.48. The van der Waals surface area contributed by atoms with Crippen molar-refractivity contribution in [3.63, 3.8) is 0 Å². The van der Waals surface area contributed by atoms with Crippen LogP contribution in [0.15, 0.2) is 34.8 Å². The fraction of sp³-hybridized carbons (Fsp3) is 0.294. The van der Waals surface area contributed by atoms with Crippen molar-refractivity contribution in [1.82, 2.24) is 0 Å². The molecule has 0 atom stereocenters. The number of hydrogen-bond donors (Lipinski definition) is 1. The molecule has 0 amide bonds. The molecule has 2 aromatic rings. The highest BCUT2D eigenvalue weighted by Crippen LogP contribution is 2.36. The molecule has 0 aliphatic rings. The van der Waals surface area contributed by atoms with Crippen LogP contribution in [0.25, 0.3) is 0 Å². The van der Waals surface area contributed by atoms with E-state index in [4.69, 9.17) is 9.47 Å². The Morgan fingerprint density at radius 2 is 1.76 bits per heavy atom. The van der Waals surface area contributed by atoms with E-state index in [0.29, 0.717) is 6.54 Å². The predicted octanol–water partition coefficient (Wildman–Crippen LogP) is 4.70. The maximum Gasteiger partial charge on any atom is 0.166 e. The number of benzene rings is 2. The summed E-state index contributed by atoms with van der Waals surface area (Å²) in [5.41, 5.74) is 4.70. The summed E-state index contributed by atoms with van der Waals surface area (Å²) in [5, 5.41) is 3.43. The molecule has 2 rings (SSSR count). The van der Waals surface area contributed by atoms with Crippen LogP contribution >= 0.6 is 15.9 Å². The van der Waals surface area contributed by atoms with Crippen LogP contribution in [-0.2, 0) is 6.54 Å². The van der Waals surface area contributed by atoms with Crippen LogP contribution in [0.1, 0.15) is 16.7 Å². The molecule has 0 saturated carbocycles. The van der Waals surface area contributed by atoms with Crippen molar-refractivity contribution in [2.45, 2.75) is 20.4 Å². The topological polar surface area (TPSA) is 30.5 Å². The lowest BCUT2D eigenvalue weighted by molar-refractivity contribution is 0.351. The number of methoxy groups -OCH3 is 2. The first-order valence-electron chi connectivity index (χ1n) is 6.77. The minimum atomic E-state index is 0.656. The molecule has 1 N–H and O–H groups in total. The lowest BCUT2D eigenvalue weighted by atomic mass is 10.1. The summed E-state index contributed by atoms with van der Waals surface area (Å²) in [6, 6.07) is 10.2. The van der Waals surface area contributed by atoms with E-state index < -0.39 is 0 Å². The molecule has 2 aromatic carbocycles. The Hall–Kier alpha value is -1.68. The first-order valence-corrected chi connectivity index (χ1v) is 7.56. The third-order valence-corrected chi connectivity index (χ3v) is 4.31. The Kier molecular flexibility index (Phi) is 5.12. The van der Waals surface area contributed by atoms with Crippen LogP contribution < -0.4 is 14.8 Å². The average molecular weight is 350 g/mol. The van der Waals surface area contributed by atoms with Crippen LogP contribution in [0.3, 0.4) is 0 Å². The number of anilines is 1. The van der Waals surface area contributed by atoms with Crippen LogP contribution in [0.5, 0.6) is 11.5 Å². The summed E-state index contributed by atoms with van der Waals surface area (Å²) in [5.74, 6) is 1.49. The lowest BCUT2D eigenvalue weighted by Crippen LogP contribution is -2.04. The van der Waals surface area contributed by atoms with Gasteiger partial charge in [-0.15, -0.1) is 0 Å². The van der Waals surface area contributed by atoms with Gasteiger partial charge in [-0.1, -0.05) is 22.0 Å². The van der Waals surface area contributed by atoms with Gasteiger partial charge in [0.1, 0.15) is 0 Å². The van der Waals surface area contributed by atoms with Gasteiger partial charge in [-0.25, -0.2) is 0 Å². The smallest absolute Gasteiger partial charge is 0.166 e. The zero-order valence-corrected chi connectivity index (χ0v) is 14.4. The second-order valence-corrected chi connectivity index (χ2v) is 5.77. The van der Waals surface area contributed by atoms with Crippen molar-refractivity contribution in [1.29, 1.82) is 0 Å². The van der Waals surface area contributed by atoms with Gasteiger partial charge in [-0.3, -0.25) is 0 Å². The van der Waals surface area contributed by atoms with Crippen molar-refractivity contribution >= 4 is 21.6 Å². The molecular weight excluding hydrogens is 330 g/mol. The normalized spacial score (nSPS) is 10.3. The summed E-state index contributed by atoms with van der Waals surface area (Å²) >= 11 is 3.58. The fourth-order valence-corrected chi connectivity index (χ4v) is 2.63. The first-order chi connectivity index (χ1) is 10.1. The Balaban J connectivity index is 2.24. The van der Waals surface area contributed by atoms with Gasteiger partial charge in [0.05, 0.1) is 14.2 Å². The highest BCUT2D eigenvalue weighted by Gasteiger charge is 2.13. The number of hydrogen-bond acceptors (Lipinski definition) is 3. The summed E-state index contributed by atoms with van der Waals surface area (Å²) < 4.78 is 11.8. The second-order valence-electron chi connectivity index (χ2n) is 4.91. The molecule has 0 bridgehead atoms. The molecule has 0 aromatic heterocycles. The van der Waals surface area contributed by atoms with Gasteiger partial charge in [0, 0.05) is 22.3 Å². The van der Waals surface area contributed by atoms with Gasteiger partial charge >= 0.3 is 0 Å². The van der Waals surface area contributed by atoms with E-state index in [9.17, 15) is 0 Å². The standard InChI is InChI=1S/C17H20BrNO2/c1-11-5-6-13(9-12(11)2)19-10-14-15(18)7-8-16(20-3)17(14)21-4/h5-9,19H,10H2,1-4H3. The van der Waals surface area contributed by atoms with E-state index >= 15 is 0 Å². The Morgan fingerprint density at radius 3 is 2.38 bits per heavy atom. The maximum atomic E-state index is 5.48. The summed E-state index contributed by atoms with van der Waals surface area (Å²) in [6.07, 6.45) is 0. The van der Waals surface area contributed by atoms with Crippen molar-refractivity contribution < 1.29 is 9.47 Å². The van der Waals surface area contributed by atoms with Gasteiger partial charge in [0.15, 0.2) is 11.5 Å². The quantitative estimate of drug-likeness (QED) is 0.848. The summed E-state index contributed by atoms with van der Waals surface area (Å²) in [6.45, 7) is 4.88. The van der Waals surface area contributed by atoms with Gasteiger partial charge in [0.2, 0.25) is 0 Å². The molecule has 21 heavy (non-hydrogen) atoms. The van der Waals surface area contributed by atoms with Gasteiger partial charge < -0.3 is 14.8 Å². The van der Waals surface area contributed by atoms with Gasteiger partial charge in [-0.2, -0.15) is 0 Å². The van der Waals surface area contributed by atoms with E-state index in [2.05, 4.69) is 53.3 Å². The molecule has 0 radical (unpaired) electrons. The second kappa shape index (κ2) is 6.85. The van der Waals surface area contributed by atoms with E-state index in [-0.39, 0.29) is 0 Å². The van der Waals surface area contributed by atoms with Crippen molar-refractivity contribution in [3.05, 3.63) is 51.5 Å². The third-order valence-electron chi connectivity index (χ3n) is 3.57. The highest BCUT2D eigenvalue weighted by molar-refractivity contribution is 9.10. The Bertz CT molecular complexity index is 641. The zero-order valence-electron chi connectivity index (χ0n) is 12.8. The Labute approximate surface area is 134 Å². The lowest BCUT2D eigenvalue weighted by Gasteiger charge is -2.16. The molecule has 3 nitrogen and oxygen atoms in total. The molecule has 0 spiro atoms. The van der Waals surface area contributed by atoms with Gasteiger partial charge in [-0.05, 0) is 49.2 Å². The van der Waals surface area contributed by atoms with E-state index in [1.165, 1.54) is 11.1 Å². The molecule has 0 unspecified atom stereocenters. The van der Waals surface area contributed by atoms with Crippen LogP contribution in [0.4, 0.5) is 5.69 Å². The molecular formula is C17H20BrNO2. The van der Waals surface area contributed by atoms with Crippen LogP contribution in [0, 0.1) is 13.8 Å². The van der Waals surface area contributed by atoms with E-state index in [1.807, 2.05) is 12.1 Å². The number of nitrogens with one attached hydrogen (secondary N) is 1. The molecule has 0 saturated heterocycles. The van der Waals surface area contributed by atoms with Crippen molar-refractivity contribution in [3.8, 4) is 11.5 Å². The van der Waals surface area contributed by atoms with Crippen LogP contribution in [0.2, 0.25) is 0 Å². The number of aryl methyl sites for hydroxylation is 2. The van der Waals surface area contributed by atoms with Gasteiger partial charge in [0.25, 0.3) is 0 Å². The Morgan fingerprint density at radius 1 is 1.00 bits per heavy atom. The number of rotatable bonds is 5. The molecule has 0 fully saturated rings. The number of halogens is 1. The minimum absolute atomic E-state index is 0.656. The predicted molar refractivity (Wildman–Crippen MR) is 90.5 cm³/mol. The summed E-state index contributed by atoms with van der Waals surface area (Å²) in [7, 11) is 3.30. The van der Waals surface area contributed by atoms with Crippen molar-refractivity contribution in [2.75, 3.05) is 19.5 Å². The monoisotopic (exact) mass is 349 g/mol. The van der Waals surface area contributed by atoms with E-state index in [0.717, 1.165) is 27.2 Å². The molecule has 4 heteroatoms. The minimum Gasteiger partial charge on any atom is -0.493 e. The number of ether oxygens (including phenoxy) is 2. The molecule has 0 aliphatic heterocycles. The molecule has 112 valence electrons. The fourth-order valence-electron chi connectivity index (χ4n) is 2.17. The largest absolute Gasteiger partial charge is 0.493 e. The summed E-state index contributed by atoms with van der Waals surface area (Å²) in [4.78, 5) is 0. The SMILES string of the molecule is COc1ccc(Br)c(CNc2ccc(C)c(C)c2)c1OC. The van der Waals surface area contributed by atoms with Crippen LogP contribution in [-0.4, -0.2) is 14.2 Å². The van der Waals surface area contributed by atoms with Crippen molar-refractivity contribution in [2.24, 2.45) is 0 Å². The molecule has 0 aliphatic carbocycles. The first kappa shape index (κ1) is 15.7.